The smallest absolute Gasteiger partial charge is 0.191 e. The maximum atomic E-state index is 4.70. The van der Waals surface area contributed by atoms with Gasteiger partial charge in [0.1, 0.15) is 0 Å². The summed E-state index contributed by atoms with van der Waals surface area (Å²) in [4.78, 5) is 12.7. The van der Waals surface area contributed by atoms with Gasteiger partial charge in [-0.2, -0.15) is 0 Å². The Bertz CT molecular complexity index is 705. The SMILES string of the molecule is CCNC(=NCCCc1ccc(N(C)C)cc1)NCCc1nc(C)c(C)s1.I. The minimum Gasteiger partial charge on any atom is -0.378 e. The number of thiazole rings is 1. The number of nitrogens with one attached hydrogen (secondary N) is 2. The molecule has 0 atom stereocenters. The molecule has 2 aromatic rings. The van der Waals surface area contributed by atoms with Crippen molar-refractivity contribution in [2.75, 3.05) is 38.6 Å². The van der Waals surface area contributed by atoms with E-state index in [2.05, 4.69) is 79.6 Å². The lowest BCUT2D eigenvalue weighted by atomic mass is 10.1. The Labute approximate surface area is 191 Å². The molecule has 7 heteroatoms. The minimum absolute atomic E-state index is 0. The summed E-state index contributed by atoms with van der Waals surface area (Å²) in [7, 11) is 4.13. The van der Waals surface area contributed by atoms with Gasteiger partial charge in [-0.1, -0.05) is 12.1 Å². The maximum absolute atomic E-state index is 4.70. The van der Waals surface area contributed by atoms with E-state index in [1.54, 1.807) is 11.3 Å². The highest BCUT2D eigenvalue weighted by atomic mass is 127. The van der Waals surface area contributed by atoms with Gasteiger partial charge in [0.05, 0.1) is 10.7 Å². The van der Waals surface area contributed by atoms with Crippen LogP contribution < -0.4 is 15.5 Å². The standard InChI is InChI=1S/C21H33N5S.HI/c1-6-22-21(24-15-13-20-25-16(2)17(3)27-20)23-14-7-8-18-9-11-19(12-10-18)26(4)5;/h9-12H,6-8,13-15H2,1-5H3,(H2,22,23,24);1H. The molecule has 0 bridgehead atoms. The number of anilines is 1. The second-order valence-corrected chi connectivity index (χ2v) is 8.14. The van der Waals surface area contributed by atoms with E-state index in [1.807, 2.05) is 0 Å². The van der Waals surface area contributed by atoms with Gasteiger partial charge in [0.15, 0.2) is 5.96 Å². The molecule has 0 amide bonds. The van der Waals surface area contributed by atoms with E-state index >= 15 is 0 Å². The van der Waals surface area contributed by atoms with Crippen LogP contribution in [-0.2, 0) is 12.8 Å². The maximum Gasteiger partial charge on any atom is 0.191 e. The number of benzene rings is 1. The normalized spacial score (nSPS) is 11.1. The van der Waals surface area contributed by atoms with Gasteiger partial charge in [0.25, 0.3) is 0 Å². The molecular weight excluding hydrogens is 481 g/mol. The number of aryl methyl sites for hydroxylation is 3. The lowest BCUT2D eigenvalue weighted by Gasteiger charge is -2.12. The molecule has 28 heavy (non-hydrogen) atoms. The third-order valence-electron chi connectivity index (χ3n) is 4.39. The number of halogens is 1. The fourth-order valence-electron chi connectivity index (χ4n) is 2.71. The lowest BCUT2D eigenvalue weighted by Crippen LogP contribution is -2.38. The highest BCUT2D eigenvalue weighted by Crippen LogP contribution is 2.16. The van der Waals surface area contributed by atoms with Crippen molar-refractivity contribution < 1.29 is 0 Å². The molecule has 2 N–H and O–H groups in total. The Hall–Kier alpha value is -1.35. The van der Waals surface area contributed by atoms with Crippen molar-refractivity contribution in [2.24, 2.45) is 4.99 Å². The topological polar surface area (TPSA) is 52.6 Å². The number of nitrogens with zero attached hydrogens (tertiary/aromatic N) is 3. The molecule has 156 valence electrons. The molecule has 0 fully saturated rings. The Morgan fingerprint density at radius 1 is 1.11 bits per heavy atom. The Kier molecular flexibility index (Phi) is 11.4. The molecule has 1 aromatic heterocycles. The van der Waals surface area contributed by atoms with E-state index in [1.165, 1.54) is 21.1 Å². The molecule has 0 aliphatic rings. The minimum atomic E-state index is 0. The molecule has 5 nitrogen and oxygen atoms in total. The van der Waals surface area contributed by atoms with Crippen LogP contribution in [0.5, 0.6) is 0 Å². The molecule has 0 unspecified atom stereocenters. The molecule has 0 radical (unpaired) electrons. The molecule has 0 aliphatic heterocycles. The molecule has 0 saturated carbocycles. The van der Waals surface area contributed by atoms with Crippen molar-refractivity contribution in [1.82, 2.24) is 15.6 Å². The highest BCUT2D eigenvalue weighted by molar-refractivity contribution is 14.0. The summed E-state index contributed by atoms with van der Waals surface area (Å²) >= 11 is 1.79. The van der Waals surface area contributed by atoms with Gasteiger partial charge in [-0.3, -0.25) is 4.99 Å². The van der Waals surface area contributed by atoms with E-state index < -0.39 is 0 Å². The summed E-state index contributed by atoms with van der Waals surface area (Å²) in [6, 6.07) is 8.76. The van der Waals surface area contributed by atoms with Crippen LogP contribution in [0, 0.1) is 13.8 Å². The summed E-state index contributed by atoms with van der Waals surface area (Å²) < 4.78 is 0. The molecular formula is C21H34IN5S. The zero-order valence-electron chi connectivity index (χ0n) is 17.7. The number of guanidine groups is 1. The molecule has 2 rings (SSSR count). The highest BCUT2D eigenvalue weighted by Gasteiger charge is 2.04. The molecule has 1 heterocycles. The third-order valence-corrected chi connectivity index (χ3v) is 5.53. The van der Waals surface area contributed by atoms with Crippen molar-refractivity contribution in [3.05, 3.63) is 45.4 Å². The van der Waals surface area contributed by atoms with Gasteiger partial charge in [0, 0.05) is 50.7 Å². The number of aliphatic imine (C=N–C) groups is 1. The number of hydrogen-bond acceptors (Lipinski definition) is 4. The zero-order chi connectivity index (χ0) is 19.6. The van der Waals surface area contributed by atoms with Gasteiger partial charge in [-0.05, 0) is 51.3 Å². The van der Waals surface area contributed by atoms with E-state index in [9.17, 15) is 0 Å². The van der Waals surface area contributed by atoms with E-state index in [-0.39, 0.29) is 24.0 Å². The monoisotopic (exact) mass is 515 g/mol. The van der Waals surface area contributed by atoms with E-state index in [0.29, 0.717) is 0 Å². The first-order valence-electron chi connectivity index (χ1n) is 9.71. The van der Waals surface area contributed by atoms with Crippen LogP contribution in [0.1, 0.15) is 34.5 Å². The fraction of sp³-hybridized carbons (Fsp3) is 0.524. The van der Waals surface area contributed by atoms with Gasteiger partial charge >= 0.3 is 0 Å². The van der Waals surface area contributed by atoms with Gasteiger partial charge < -0.3 is 15.5 Å². The summed E-state index contributed by atoms with van der Waals surface area (Å²) in [5.74, 6) is 0.894. The Balaban J connectivity index is 0.00000392. The summed E-state index contributed by atoms with van der Waals surface area (Å²) in [6.07, 6.45) is 3.03. The summed E-state index contributed by atoms with van der Waals surface area (Å²) in [5.41, 5.74) is 3.75. The number of hydrogen-bond donors (Lipinski definition) is 2. The van der Waals surface area contributed by atoms with Crippen LogP contribution >= 0.6 is 35.3 Å². The number of aromatic nitrogens is 1. The number of rotatable bonds is 9. The predicted molar refractivity (Wildman–Crippen MR) is 134 cm³/mol. The van der Waals surface area contributed by atoms with Gasteiger partial charge in [-0.15, -0.1) is 35.3 Å². The molecule has 0 spiro atoms. The third kappa shape index (κ3) is 8.34. The lowest BCUT2D eigenvalue weighted by molar-refractivity contribution is 0.774. The van der Waals surface area contributed by atoms with Crippen LogP contribution in [0.25, 0.3) is 0 Å². The van der Waals surface area contributed by atoms with Crippen LogP contribution in [0.2, 0.25) is 0 Å². The van der Waals surface area contributed by atoms with Gasteiger partial charge in [0.2, 0.25) is 0 Å². The quantitative estimate of drug-likeness (QED) is 0.228. The van der Waals surface area contributed by atoms with Crippen molar-refractivity contribution in [2.45, 2.75) is 40.0 Å². The van der Waals surface area contributed by atoms with E-state index in [0.717, 1.165) is 50.6 Å². The predicted octanol–water partition coefficient (Wildman–Crippen LogP) is 4.17. The largest absolute Gasteiger partial charge is 0.378 e. The second kappa shape index (κ2) is 13.0. The van der Waals surface area contributed by atoms with Crippen molar-refractivity contribution >= 4 is 47.0 Å². The van der Waals surface area contributed by atoms with Gasteiger partial charge in [-0.25, -0.2) is 4.98 Å². The molecule has 0 aliphatic carbocycles. The average Bonchev–Trinajstić information content (AvgIpc) is 2.96. The van der Waals surface area contributed by atoms with Crippen molar-refractivity contribution in [1.29, 1.82) is 0 Å². The van der Waals surface area contributed by atoms with E-state index in [4.69, 9.17) is 4.99 Å². The average molecular weight is 516 g/mol. The Morgan fingerprint density at radius 3 is 2.39 bits per heavy atom. The molecule has 0 saturated heterocycles. The Morgan fingerprint density at radius 2 is 1.82 bits per heavy atom. The first-order chi connectivity index (χ1) is 13.0. The molecule has 1 aromatic carbocycles. The van der Waals surface area contributed by atoms with Crippen LogP contribution in [0.3, 0.4) is 0 Å². The summed E-state index contributed by atoms with van der Waals surface area (Å²) in [6.45, 7) is 8.83. The first-order valence-corrected chi connectivity index (χ1v) is 10.5. The van der Waals surface area contributed by atoms with Crippen molar-refractivity contribution in [3.8, 4) is 0 Å². The van der Waals surface area contributed by atoms with Crippen molar-refractivity contribution in [3.63, 3.8) is 0 Å². The second-order valence-electron chi connectivity index (χ2n) is 6.85. The first kappa shape index (κ1) is 24.7. The van der Waals surface area contributed by atoms with Crippen LogP contribution in [0.4, 0.5) is 5.69 Å². The van der Waals surface area contributed by atoms with Crippen LogP contribution in [-0.4, -0.2) is 44.7 Å². The fourth-order valence-corrected chi connectivity index (χ4v) is 3.64. The zero-order valence-corrected chi connectivity index (χ0v) is 20.9. The van der Waals surface area contributed by atoms with Crippen LogP contribution in [0.15, 0.2) is 29.3 Å². The summed E-state index contributed by atoms with van der Waals surface area (Å²) in [5, 5.41) is 7.93.